The van der Waals surface area contributed by atoms with Crippen LogP contribution < -0.4 is 11.3 Å². The molecule has 0 aliphatic rings. The number of nitrogens with two attached hydrogens (primary N) is 1. The quantitative estimate of drug-likeness (QED) is 0.460. The minimum atomic E-state index is -4.92. The van der Waals surface area contributed by atoms with E-state index in [0.29, 0.717) is 28.2 Å². The molecule has 4 aromatic rings. The molecule has 0 atom stereocenters. The van der Waals surface area contributed by atoms with E-state index in [1.165, 1.54) is 0 Å². The van der Waals surface area contributed by atoms with Gasteiger partial charge in [-0.3, -0.25) is 19.0 Å². The van der Waals surface area contributed by atoms with E-state index in [9.17, 15) is 27.6 Å². The number of H-pyrrole nitrogens is 1. The van der Waals surface area contributed by atoms with Gasteiger partial charge in [-0.1, -0.05) is 48.5 Å². The first-order valence-electron chi connectivity index (χ1n) is 9.48. The summed E-state index contributed by atoms with van der Waals surface area (Å²) in [5.74, 6) is -1.91. The van der Waals surface area contributed by atoms with Crippen molar-refractivity contribution in [2.24, 2.45) is 5.73 Å². The number of nitrogens with zero attached hydrogens (tertiary/aromatic N) is 1. The number of carbonyl (C=O) groups excluding carboxylic acids is 2. The Morgan fingerprint density at radius 2 is 1.59 bits per heavy atom. The van der Waals surface area contributed by atoms with Gasteiger partial charge >= 0.3 is 6.18 Å². The molecule has 6 nitrogen and oxygen atoms in total. The van der Waals surface area contributed by atoms with Crippen LogP contribution in [-0.4, -0.2) is 21.2 Å². The minimum absolute atomic E-state index is 0.149. The number of Topliss-reactive ketones (excluding diaryl/α,β-unsaturated/α-hetero) is 1. The molecular weight excluding hydrogens is 423 g/mol. The molecule has 3 N–H and O–H groups in total. The second kappa shape index (κ2) is 7.84. The van der Waals surface area contributed by atoms with Crippen LogP contribution >= 0.6 is 0 Å². The Bertz CT molecular complexity index is 1400. The van der Waals surface area contributed by atoms with Crippen LogP contribution in [0.2, 0.25) is 0 Å². The third-order valence-corrected chi connectivity index (χ3v) is 5.08. The molecule has 0 aliphatic heterocycles. The number of carbonyl (C=O) groups is 2. The number of ketones is 1. The number of pyridine rings is 1. The van der Waals surface area contributed by atoms with Crippen molar-refractivity contribution in [3.05, 3.63) is 93.9 Å². The predicted octanol–water partition coefficient (Wildman–Crippen LogP) is 4.00. The lowest BCUT2D eigenvalue weighted by Crippen LogP contribution is -2.35. The molecule has 2 aromatic heterocycles. The van der Waals surface area contributed by atoms with Gasteiger partial charge in [-0.15, -0.1) is 0 Å². The van der Waals surface area contributed by atoms with Gasteiger partial charge in [0, 0.05) is 10.9 Å². The first kappa shape index (κ1) is 21.1. The van der Waals surface area contributed by atoms with Gasteiger partial charge in [-0.05, 0) is 23.8 Å². The molecule has 2 heterocycles. The third-order valence-electron chi connectivity index (χ3n) is 5.08. The summed E-state index contributed by atoms with van der Waals surface area (Å²) in [5.41, 5.74) is 3.71. The van der Waals surface area contributed by atoms with Gasteiger partial charge in [0.15, 0.2) is 5.78 Å². The summed E-state index contributed by atoms with van der Waals surface area (Å²) in [6, 6.07) is 17.0. The molecule has 9 heteroatoms. The van der Waals surface area contributed by atoms with Crippen molar-refractivity contribution in [2.75, 3.05) is 0 Å². The Morgan fingerprint density at radius 3 is 2.25 bits per heavy atom. The molecule has 2 aromatic carbocycles. The SMILES string of the molecule is NC(=O)c1ccc(C(F)(F)F)n(CC(=O)c2c(-c3ccccc3)[nH]c3ccccc23)c1=O. The lowest BCUT2D eigenvalue weighted by atomic mass is 10.0. The molecular formula is C23H16F3N3O3. The second-order valence-electron chi connectivity index (χ2n) is 7.10. The van der Waals surface area contributed by atoms with Crippen LogP contribution in [0, 0.1) is 0 Å². The molecule has 0 fully saturated rings. The van der Waals surface area contributed by atoms with Crippen LogP contribution in [0.5, 0.6) is 0 Å². The van der Waals surface area contributed by atoms with Gasteiger partial charge in [0.05, 0.1) is 17.8 Å². The molecule has 0 aliphatic carbocycles. The standard InChI is InChI=1S/C23H16F3N3O3/c24-23(25,26)18-11-10-15(21(27)31)22(32)29(18)12-17(30)19-14-8-4-5-9-16(14)28-20(19)13-6-2-1-3-7-13/h1-11,28H,12H2,(H2,27,31). The number of primary amides is 1. The van der Waals surface area contributed by atoms with Crippen molar-refractivity contribution < 1.29 is 22.8 Å². The highest BCUT2D eigenvalue weighted by Gasteiger charge is 2.36. The number of hydrogen-bond acceptors (Lipinski definition) is 3. The monoisotopic (exact) mass is 439 g/mol. The average Bonchev–Trinajstić information content (AvgIpc) is 3.14. The number of benzene rings is 2. The highest BCUT2D eigenvalue weighted by Crippen LogP contribution is 2.32. The van der Waals surface area contributed by atoms with E-state index in [4.69, 9.17) is 5.73 Å². The fraction of sp³-hybridized carbons (Fsp3) is 0.0870. The van der Waals surface area contributed by atoms with Crippen molar-refractivity contribution in [2.45, 2.75) is 12.7 Å². The number of para-hydroxylation sites is 1. The van der Waals surface area contributed by atoms with Gasteiger partial charge in [-0.2, -0.15) is 13.2 Å². The maximum absolute atomic E-state index is 13.6. The van der Waals surface area contributed by atoms with E-state index in [1.54, 1.807) is 54.6 Å². The number of hydrogen-bond donors (Lipinski definition) is 2. The molecule has 1 amide bonds. The zero-order valence-electron chi connectivity index (χ0n) is 16.4. The minimum Gasteiger partial charge on any atom is -0.365 e. The lowest BCUT2D eigenvalue weighted by Gasteiger charge is -2.16. The fourth-order valence-corrected chi connectivity index (χ4v) is 3.65. The molecule has 32 heavy (non-hydrogen) atoms. The molecule has 0 spiro atoms. The van der Waals surface area contributed by atoms with Gasteiger partial charge < -0.3 is 10.7 Å². The number of rotatable bonds is 5. The maximum atomic E-state index is 13.6. The maximum Gasteiger partial charge on any atom is 0.431 e. The zero-order chi connectivity index (χ0) is 23.0. The number of amides is 1. The number of halogens is 3. The van der Waals surface area contributed by atoms with E-state index in [0.717, 1.165) is 6.07 Å². The summed E-state index contributed by atoms with van der Waals surface area (Å²) < 4.78 is 40.9. The van der Waals surface area contributed by atoms with E-state index < -0.39 is 41.2 Å². The first-order valence-corrected chi connectivity index (χ1v) is 9.48. The molecule has 0 radical (unpaired) electrons. The van der Waals surface area contributed by atoms with E-state index in [1.807, 2.05) is 0 Å². The number of nitrogens with one attached hydrogen (secondary N) is 1. The summed E-state index contributed by atoms with van der Waals surface area (Å²) in [5, 5.41) is 0.504. The van der Waals surface area contributed by atoms with Crippen molar-refractivity contribution in [3.63, 3.8) is 0 Å². The van der Waals surface area contributed by atoms with Crippen LogP contribution in [0.15, 0.2) is 71.5 Å². The van der Waals surface area contributed by atoms with Gasteiger partial charge in [0.2, 0.25) is 0 Å². The Balaban J connectivity index is 1.90. The Hall–Kier alpha value is -4.14. The van der Waals surface area contributed by atoms with Gasteiger partial charge in [-0.25, -0.2) is 0 Å². The summed E-state index contributed by atoms with van der Waals surface area (Å²) in [4.78, 5) is 40.6. The topological polar surface area (TPSA) is 97.9 Å². The van der Waals surface area contributed by atoms with Crippen molar-refractivity contribution in [1.29, 1.82) is 0 Å². The molecule has 0 saturated heterocycles. The second-order valence-corrected chi connectivity index (χ2v) is 7.10. The predicted molar refractivity (Wildman–Crippen MR) is 112 cm³/mol. The number of aromatic nitrogens is 2. The number of alkyl halides is 3. The summed E-state index contributed by atoms with van der Waals surface area (Å²) in [6.07, 6.45) is -4.92. The zero-order valence-corrected chi connectivity index (χ0v) is 16.4. The summed E-state index contributed by atoms with van der Waals surface area (Å²) >= 11 is 0. The van der Waals surface area contributed by atoms with Gasteiger partial charge in [0.1, 0.15) is 11.3 Å². The molecule has 0 unspecified atom stereocenters. The fourth-order valence-electron chi connectivity index (χ4n) is 3.65. The largest absolute Gasteiger partial charge is 0.431 e. The lowest BCUT2D eigenvalue weighted by molar-refractivity contribution is -0.144. The van der Waals surface area contributed by atoms with Crippen molar-refractivity contribution >= 4 is 22.6 Å². The molecule has 0 bridgehead atoms. The van der Waals surface area contributed by atoms with Crippen molar-refractivity contribution in [1.82, 2.24) is 9.55 Å². The van der Waals surface area contributed by atoms with E-state index in [-0.39, 0.29) is 10.1 Å². The normalized spacial score (nSPS) is 11.6. The third kappa shape index (κ3) is 3.68. The van der Waals surface area contributed by atoms with Crippen LogP contribution in [0.1, 0.15) is 26.4 Å². The Labute approximate surface area is 179 Å². The first-order chi connectivity index (χ1) is 15.2. The highest BCUT2D eigenvalue weighted by atomic mass is 19.4. The Morgan fingerprint density at radius 1 is 0.938 bits per heavy atom. The number of aromatic amines is 1. The summed E-state index contributed by atoms with van der Waals surface area (Å²) in [7, 11) is 0. The average molecular weight is 439 g/mol. The highest BCUT2D eigenvalue weighted by molar-refractivity contribution is 6.13. The van der Waals surface area contributed by atoms with Crippen LogP contribution in [-0.2, 0) is 12.7 Å². The van der Waals surface area contributed by atoms with E-state index in [2.05, 4.69) is 4.98 Å². The molecule has 0 saturated carbocycles. The molecule has 4 rings (SSSR count). The van der Waals surface area contributed by atoms with E-state index >= 15 is 0 Å². The van der Waals surface area contributed by atoms with Crippen LogP contribution in [0.25, 0.3) is 22.2 Å². The van der Waals surface area contributed by atoms with Crippen molar-refractivity contribution in [3.8, 4) is 11.3 Å². The van der Waals surface area contributed by atoms with Gasteiger partial charge in [0.25, 0.3) is 11.5 Å². The Kier molecular flexibility index (Phi) is 5.17. The molecule has 162 valence electrons. The van der Waals surface area contributed by atoms with Crippen LogP contribution in [0.4, 0.5) is 13.2 Å². The number of fused-ring (bicyclic) bond motifs is 1. The smallest absolute Gasteiger partial charge is 0.365 e. The van der Waals surface area contributed by atoms with Crippen LogP contribution in [0.3, 0.4) is 0 Å². The summed E-state index contributed by atoms with van der Waals surface area (Å²) in [6.45, 7) is -0.920.